The van der Waals surface area contributed by atoms with Crippen molar-refractivity contribution < 1.29 is 9.21 Å². The third-order valence-electron chi connectivity index (χ3n) is 2.07. The number of rotatable bonds is 4. The number of furan rings is 1. The molecule has 0 radical (unpaired) electrons. The number of hydrogen-bond donors (Lipinski definition) is 0. The smallest absolute Gasteiger partial charge is 0.170 e. The van der Waals surface area contributed by atoms with Crippen LogP contribution in [0.15, 0.2) is 28.9 Å². The van der Waals surface area contributed by atoms with E-state index in [0.29, 0.717) is 17.7 Å². The molecular weight excluding hydrogens is 164 g/mol. The van der Waals surface area contributed by atoms with Crippen molar-refractivity contribution in [3.8, 4) is 0 Å². The van der Waals surface area contributed by atoms with Gasteiger partial charge in [0.25, 0.3) is 0 Å². The van der Waals surface area contributed by atoms with Crippen LogP contribution in [-0.4, -0.2) is 5.78 Å². The molecule has 1 rings (SSSR count). The van der Waals surface area contributed by atoms with Crippen LogP contribution in [0.25, 0.3) is 0 Å². The van der Waals surface area contributed by atoms with Crippen molar-refractivity contribution in [3.05, 3.63) is 35.8 Å². The fourth-order valence-electron chi connectivity index (χ4n) is 1.12. The van der Waals surface area contributed by atoms with Crippen LogP contribution in [-0.2, 0) is 0 Å². The number of carbonyl (C=O) groups is 1. The number of carbonyl (C=O) groups excluding carboxylic acids is 1. The predicted octanol–water partition coefficient (Wildman–Crippen LogP) is 3.13. The first-order valence-electron chi connectivity index (χ1n) is 4.39. The molecule has 0 fully saturated rings. The van der Waals surface area contributed by atoms with Gasteiger partial charge in [0.1, 0.15) is 5.76 Å². The number of ketones is 1. The first kappa shape index (κ1) is 9.78. The molecule has 1 aromatic heterocycles. The number of hydrogen-bond acceptors (Lipinski definition) is 2. The van der Waals surface area contributed by atoms with Crippen LogP contribution >= 0.6 is 0 Å². The molecule has 0 aliphatic rings. The molecule has 0 N–H and O–H groups in total. The molecule has 2 heteroatoms. The van der Waals surface area contributed by atoms with Gasteiger partial charge in [-0.25, -0.2) is 0 Å². The maximum atomic E-state index is 11.6. The lowest BCUT2D eigenvalue weighted by Crippen LogP contribution is -2.00. The summed E-state index contributed by atoms with van der Waals surface area (Å²) in [4.78, 5) is 11.6. The van der Waals surface area contributed by atoms with Crippen LogP contribution in [0.1, 0.15) is 35.9 Å². The Morgan fingerprint density at radius 2 is 2.31 bits per heavy atom. The molecule has 0 amide bonds. The quantitative estimate of drug-likeness (QED) is 0.523. The molecule has 0 saturated heterocycles. The van der Waals surface area contributed by atoms with E-state index in [1.807, 2.05) is 6.92 Å². The van der Waals surface area contributed by atoms with Crippen molar-refractivity contribution in [3.63, 3.8) is 0 Å². The summed E-state index contributed by atoms with van der Waals surface area (Å²) in [7, 11) is 0. The molecular formula is C11H14O2. The van der Waals surface area contributed by atoms with Gasteiger partial charge in [-0.15, -0.1) is 0 Å². The van der Waals surface area contributed by atoms with Crippen molar-refractivity contribution in [1.29, 1.82) is 0 Å². The summed E-state index contributed by atoms with van der Waals surface area (Å²) in [5.74, 6) is 0.784. The van der Waals surface area contributed by atoms with E-state index >= 15 is 0 Å². The molecule has 0 bridgehead atoms. The Balaban J connectivity index is 2.69. The topological polar surface area (TPSA) is 30.2 Å². The van der Waals surface area contributed by atoms with E-state index in [2.05, 4.69) is 6.58 Å². The molecule has 0 unspecified atom stereocenters. The summed E-state index contributed by atoms with van der Waals surface area (Å²) in [6.07, 6.45) is 2.82. The summed E-state index contributed by atoms with van der Waals surface area (Å²) in [5, 5.41) is 0. The van der Waals surface area contributed by atoms with Gasteiger partial charge in [0.2, 0.25) is 0 Å². The summed E-state index contributed by atoms with van der Waals surface area (Å²) >= 11 is 0. The molecule has 0 atom stereocenters. The van der Waals surface area contributed by atoms with Gasteiger partial charge >= 0.3 is 0 Å². The van der Waals surface area contributed by atoms with E-state index in [4.69, 9.17) is 4.42 Å². The minimum atomic E-state index is 0.0955. The minimum absolute atomic E-state index is 0.0955. The lowest BCUT2D eigenvalue weighted by molar-refractivity contribution is 0.0991. The summed E-state index contributed by atoms with van der Waals surface area (Å²) in [5.41, 5.74) is 1.64. The molecule has 0 spiro atoms. The highest BCUT2D eigenvalue weighted by molar-refractivity contribution is 5.98. The lowest BCUT2D eigenvalue weighted by atomic mass is 10.0. The van der Waals surface area contributed by atoms with Crippen molar-refractivity contribution in [1.82, 2.24) is 0 Å². The van der Waals surface area contributed by atoms with E-state index in [1.54, 1.807) is 13.0 Å². The molecule has 0 aliphatic heterocycles. The van der Waals surface area contributed by atoms with Gasteiger partial charge in [-0.2, -0.15) is 0 Å². The normalized spacial score (nSPS) is 10.0. The second-order valence-electron chi connectivity index (χ2n) is 3.09. The zero-order valence-corrected chi connectivity index (χ0v) is 8.09. The third kappa shape index (κ3) is 2.31. The molecule has 0 aliphatic carbocycles. The van der Waals surface area contributed by atoms with Crippen molar-refractivity contribution in [2.75, 3.05) is 0 Å². The van der Waals surface area contributed by atoms with Crippen LogP contribution in [0.3, 0.4) is 0 Å². The minimum Gasteiger partial charge on any atom is -0.469 e. The van der Waals surface area contributed by atoms with Gasteiger partial charge in [-0.05, 0) is 19.4 Å². The summed E-state index contributed by atoms with van der Waals surface area (Å²) in [6.45, 7) is 7.59. The van der Waals surface area contributed by atoms with Crippen LogP contribution in [0, 0.1) is 6.92 Å². The average Bonchev–Trinajstić information content (AvgIpc) is 2.51. The Morgan fingerprint density at radius 3 is 2.77 bits per heavy atom. The van der Waals surface area contributed by atoms with Crippen LogP contribution in [0.5, 0.6) is 0 Å². The predicted molar refractivity (Wildman–Crippen MR) is 51.8 cm³/mol. The summed E-state index contributed by atoms with van der Waals surface area (Å²) in [6, 6.07) is 1.71. The monoisotopic (exact) mass is 178 g/mol. The van der Waals surface area contributed by atoms with E-state index < -0.39 is 0 Å². The average molecular weight is 178 g/mol. The number of Topliss-reactive ketones (excluding diaryl/α,β-unsaturated/α-hetero) is 1. The third-order valence-corrected chi connectivity index (χ3v) is 2.07. The molecule has 1 heterocycles. The molecule has 70 valence electrons. The van der Waals surface area contributed by atoms with Crippen molar-refractivity contribution in [2.24, 2.45) is 0 Å². The van der Waals surface area contributed by atoms with Crippen LogP contribution < -0.4 is 0 Å². The Kier molecular flexibility index (Phi) is 3.07. The molecule has 2 nitrogen and oxygen atoms in total. The SMILES string of the molecule is C=C(CC)CC(=O)c1ccoc1C. The largest absolute Gasteiger partial charge is 0.469 e. The Hall–Kier alpha value is -1.31. The summed E-state index contributed by atoms with van der Waals surface area (Å²) < 4.78 is 5.05. The first-order valence-corrected chi connectivity index (χ1v) is 4.39. The van der Waals surface area contributed by atoms with E-state index in [9.17, 15) is 4.79 Å². The van der Waals surface area contributed by atoms with Gasteiger partial charge in [0, 0.05) is 6.42 Å². The van der Waals surface area contributed by atoms with E-state index in [1.165, 1.54) is 6.26 Å². The zero-order chi connectivity index (χ0) is 9.84. The van der Waals surface area contributed by atoms with E-state index in [0.717, 1.165) is 12.0 Å². The fourth-order valence-corrected chi connectivity index (χ4v) is 1.12. The van der Waals surface area contributed by atoms with Gasteiger partial charge in [-0.1, -0.05) is 19.1 Å². The van der Waals surface area contributed by atoms with Gasteiger partial charge in [0.05, 0.1) is 11.8 Å². The Labute approximate surface area is 78.3 Å². The zero-order valence-electron chi connectivity index (χ0n) is 8.09. The Bertz CT molecular complexity index is 321. The standard InChI is InChI=1S/C11H14O2/c1-4-8(2)7-11(12)10-5-6-13-9(10)3/h5-6H,2,4,7H2,1,3H3. The second kappa shape index (κ2) is 4.08. The van der Waals surface area contributed by atoms with Gasteiger partial charge in [-0.3, -0.25) is 4.79 Å². The Morgan fingerprint density at radius 1 is 1.62 bits per heavy atom. The van der Waals surface area contributed by atoms with E-state index in [-0.39, 0.29) is 5.78 Å². The van der Waals surface area contributed by atoms with Crippen LogP contribution in [0.4, 0.5) is 0 Å². The molecule has 0 saturated carbocycles. The molecule has 0 aromatic carbocycles. The van der Waals surface area contributed by atoms with Gasteiger partial charge in [0.15, 0.2) is 5.78 Å². The fraction of sp³-hybridized carbons (Fsp3) is 0.364. The highest BCUT2D eigenvalue weighted by Crippen LogP contribution is 2.14. The number of allylic oxidation sites excluding steroid dienone is 1. The maximum Gasteiger partial charge on any atom is 0.170 e. The van der Waals surface area contributed by atoms with Crippen molar-refractivity contribution in [2.45, 2.75) is 26.7 Å². The van der Waals surface area contributed by atoms with Crippen LogP contribution in [0.2, 0.25) is 0 Å². The van der Waals surface area contributed by atoms with Gasteiger partial charge < -0.3 is 4.42 Å². The highest BCUT2D eigenvalue weighted by Gasteiger charge is 2.11. The van der Waals surface area contributed by atoms with Crippen molar-refractivity contribution >= 4 is 5.78 Å². The second-order valence-corrected chi connectivity index (χ2v) is 3.09. The maximum absolute atomic E-state index is 11.6. The first-order chi connectivity index (χ1) is 6.15. The highest BCUT2D eigenvalue weighted by atomic mass is 16.3. The molecule has 13 heavy (non-hydrogen) atoms. The number of aryl methyl sites for hydroxylation is 1. The lowest BCUT2D eigenvalue weighted by Gasteiger charge is -2.00. The molecule has 1 aromatic rings.